The highest BCUT2D eigenvalue weighted by atomic mass is 32.2. The Labute approximate surface area is 120 Å². The van der Waals surface area contributed by atoms with E-state index in [0.717, 1.165) is 12.8 Å². The Bertz CT molecular complexity index is 290. The highest BCUT2D eigenvalue weighted by Crippen LogP contribution is 2.30. The van der Waals surface area contributed by atoms with Crippen molar-refractivity contribution in [3.63, 3.8) is 0 Å². The van der Waals surface area contributed by atoms with Gasteiger partial charge in [0, 0.05) is 0 Å². The summed E-state index contributed by atoms with van der Waals surface area (Å²) < 4.78 is 5.48. The molecule has 0 aromatic heterocycles. The number of aliphatic hydroxyl groups excluding tert-OH is 1. The van der Waals surface area contributed by atoms with E-state index in [4.69, 9.17) is 4.74 Å². The van der Waals surface area contributed by atoms with Gasteiger partial charge in [-0.25, -0.2) is 4.79 Å². The number of carbonyl (C=O) groups excluding carboxylic acids is 1. The normalized spacial score (nSPS) is 21.2. The molecule has 1 aliphatic rings. The third kappa shape index (κ3) is 5.35. The summed E-state index contributed by atoms with van der Waals surface area (Å²) in [6, 6.07) is 0. The molecular formula is C15H29O3S+. The first-order valence-electron chi connectivity index (χ1n) is 7.19. The second-order valence-electron chi connectivity index (χ2n) is 6.72. The number of rotatable bonds is 4. The summed E-state index contributed by atoms with van der Waals surface area (Å²) in [5.74, 6) is 0.0278. The fourth-order valence-electron chi connectivity index (χ4n) is 2.69. The first-order valence-corrected chi connectivity index (χ1v) is 9.30. The highest BCUT2D eigenvalue weighted by Gasteiger charge is 2.44. The zero-order valence-electron chi connectivity index (χ0n) is 12.9. The topological polar surface area (TPSA) is 46.5 Å². The molecule has 1 N–H and O–H groups in total. The molecule has 0 bridgehead atoms. The van der Waals surface area contributed by atoms with Crippen LogP contribution < -0.4 is 0 Å². The molecule has 0 saturated heterocycles. The van der Waals surface area contributed by atoms with Gasteiger partial charge in [-0.1, -0.05) is 19.3 Å². The Kier molecular flexibility index (Phi) is 6.18. The summed E-state index contributed by atoms with van der Waals surface area (Å²) >= 11 is 0. The van der Waals surface area contributed by atoms with Gasteiger partial charge in [0.25, 0.3) is 0 Å². The number of hydrogen-bond acceptors (Lipinski definition) is 3. The quantitative estimate of drug-likeness (QED) is 0.639. The molecule has 0 spiro atoms. The molecule has 0 unspecified atom stereocenters. The van der Waals surface area contributed by atoms with Crippen LogP contribution in [0.4, 0.5) is 0 Å². The van der Waals surface area contributed by atoms with E-state index in [2.05, 4.69) is 0 Å². The van der Waals surface area contributed by atoms with Gasteiger partial charge < -0.3 is 9.84 Å². The van der Waals surface area contributed by atoms with Crippen molar-refractivity contribution in [2.24, 2.45) is 5.92 Å². The largest absolute Gasteiger partial charge is 0.456 e. The number of hydrogen-bond donors (Lipinski definition) is 1. The van der Waals surface area contributed by atoms with E-state index in [1.165, 1.54) is 19.3 Å². The first kappa shape index (κ1) is 16.8. The first-order chi connectivity index (χ1) is 8.72. The molecule has 4 heteroatoms. The van der Waals surface area contributed by atoms with E-state index in [1.807, 2.05) is 33.3 Å². The zero-order chi connectivity index (χ0) is 14.6. The number of ether oxygens (including phenoxy) is 1. The lowest BCUT2D eigenvalue weighted by atomic mass is 9.84. The van der Waals surface area contributed by atoms with Crippen molar-refractivity contribution in [3.8, 4) is 0 Å². The van der Waals surface area contributed by atoms with Crippen molar-refractivity contribution in [1.82, 2.24) is 0 Å². The monoisotopic (exact) mass is 289 g/mol. The standard InChI is InChI=1S/C15H29O3S/c1-15(2,3)18-14(17)13(19(4)5)12(16)11-9-7-6-8-10-11/h11-13,16H,6-10H2,1-5H3/q+1/t12-,13+/m1/s1. The van der Waals surface area contributed by atoms with E-state index in [1.54, 1.807) is 0 Å². The van der Waals surface area contributed by atoms with Crippen molar-refractivity contribution >= 4 is 16.9 Å². The summed E-state index contributed by atoms with van der Waals surface area (Å²) in [6.07, 6.45) is 9.16. The van der Waals surface area contributed by atoms with E-state index in [-0.39, 0.29) is 28.0 Å². The minimum absolute atomic E-state index is 0.174. The molecule has 3 nitrogen and oxygen atoms in total. The van der Waals surface area contributed by atoms with Crippen LogP contribution in [0, 0.1) is 5.92 Å². The lowest BCUT2D eigenvalue weighted by Crippen LogP contribution is -2.47. The molecule has 1 fully saturated rings. The molecule has 0 aromatic carbocycles. The molecule has 1 aliphatic carbocycles. The van der Waals surface area contributed by atoms with Crippen LogP contribution in [-0.2, 0) is 20.4 Å². The SMILES string of the molecule is C[S+](C)[C@H](C(=O)OC(C)(C)C)[C@H](O)C1CCCCC1. The second kappa shape index (κ2) is 6.98. The number of esters is 1. The Hall–Kier alpha value is -0.220. The van der Waals surface area contributed by atoms with Gasteiger partial charge in [0.05, 0.1) is 12.5 Å². The maximum atomic E-state index is 12.3. The van der Waals surface area contributed by atoms with Gasteiger partial charge in [-0.3, -0.25) is 0 Å². The molecule has 2 atom stereocenters. The minimum atomic E-state index is -0.548. The van der Waals surface area contributed by atoms with Gasteiger partial charge in [0.1, 0.15) is 11.7 Å². The van der Waals surface area contributed by atoms with Gasteiger partial charge in [-0.15, -0.1) is 0 Å². The van der Waals surface area contributed by atoms with Crippen LogP contribution >= 0.6 is 0 Å². The van der Waals surface area contributed by atoms with Gasteiger partial charge in [-0.2, -0.15) is 0 Å². The average Bonchev–Trinajstić information content (AvgIpc) is 2.27. The van der Waals surface area contributed by atoms with Gasteiger partial charge in [0.2, 0.25) is 5.25 Å². The van der Waals surface area contributed by atoms with Gasteiger partial charge in [0.15, 0.2) is 0 Å². The van der Waals surface area contributed by atoms with Crippen LogP contribution in [0.25, 0.3) is 0 Å². The van der Waals surface area contributed by atoms with Crippen molar-refractivity contribution in [1.29, 1.82) is 0 Å². The van der Waals surface area contributed by atoms with Crippen molar-refractivity contribution in [2.45, 2.75) is 69.8 Å². The summed E-state index contributed by atoms with van der Waals surface area (Å²) in [7, 11) is -0.174. The molecular weight excluding hydrogens is 260 g/mol. The predicted octanol–water partition coefficient (Wildman–Crippen LogP) is 2.52. The third-order valence-electron chi connectivity index (χ3n) is 3.59. The van der Waals surface area contributed by atoms with E-state index in [9.17, 15) is 9.90 Å². The van der Waals surface area contributed by atoms with Crippen LogP contribution in [0.1, 0.15) is 52.9 Å². The van der Waals surface area contributed by atoms with Gasteiger partial charge in [-0.05, 0) is 50.4 Å². The van der Waals surface area contributed by atoms with Crippen LogP contribution in [-0.4, -0.2) is 40.5 Å². The molecule has 0 aliphatic heterocycles. The highest BCUT2D eigenvalue weighted by molar-refractivity contribution is 7.96. The molecule has 0 heterocycles. The molecule has 1 rings (SSSR count). The fraction of sp³-hybridized carbons (Fsp3) is 0.933. The Morgan fingerprint density at radius 2 is 1.74 bits per heavy atom. The van der Waals surface area contributed by atoms with Crippen LogP contribution in [0.15, 0.2) is 0 Å². The zero-order valence-corrected chi connectivity index (χ0v) is 13.8. The molecule has 1 saturated carbocycles. The smallest absolute Gasteiger partial charge is 0.362 e. The van der Waals surface area contributed by atoms with Gasteiger partial charge >= 0.3 is 5.97 Å². The Balaban J connectivity index is 2.72. The summed E-state index contributed by atoms with van der Waals surface area (Å²) in [6.45, 7) is 5.62. The van der Waals surface area contributed by atoms with Crippen molar-refractivity contribution in [2.75, 3.05) is 12.5 Å². The predicted molar refractivity (Wildman–Crippen MR) is 81.4 cm³/mol. The van der Waals surface area contributed by atoms with Crippen molar-refractivity contribution in [3.05, 3.63) is 0 Å². The minimum Gasteiger partial charge on any atom is -0.456 e. The molecule has 0 radical (unpaired) electrons. The lowest BCUT2D eigenvalue weighted by Gasteiger charge is -2.30. The van der Waals surface area contributed by atoms with E-state index < -0.39 is 11.7 Å². The van der Waals surface area contributed by atoms with Crippen LogP contribution in [0.5, 0.6) is 0 Å². The molecule has 19 heavy (non-hydrogen) atoms. The molecule has 0 amide bonds. The second-order valence-corrected chi connectivity index (χ2v) is 8.99. The molecule has 112 valence electrons. The van der Waals surface area contributed by atoms with Crippen LogP contribution in [0.2, 0.25) is 0 Å². The fourth-order valence-corrected chi connectivity index (χ4v) is 3.91. The molecule has 0 aromatic rings. The summed E-state index contributed by atoms with van der Waals surface area (Å²) in [5, 5.41) is 10.2. The Morgan fingerprint density at radius 3 is 2.16 bits per heavy atom. The van der Waals surface area contributed by atoms with Crippen molar-refractivity contribution < 1.29 is 14.6 Å². The summed E-state index contributed by atoms with van der Waals surface area (Å²) in [4.78, 5) is 12.3. The summed E-state index contributed by atoms with van der Waals surface area (Å²) in [5.41, 5.74) is -0.485. The van der Waals surface area contributed by atoms with E-state index >= 15 is 0 Å². The van der Waals surface area contributed by atoms with Crippen LogP contribution in [0.3, 0.4) is 0 Å². The van der Waals surface area contributed by atoms with E-state index in [0.29, 0.717) is 0 Å². The Morgan fingerprint density at radius 1 is 1.21 bits per heavy atom. The maximum Gasteiger partial charge on any atom is 0.362 e. The lowest BCUT2D eigenvalue weighted by molar-refractivity contribution is -0.157. The average molecular weight is 289 g/mol. The maximum absolute atomic E-state index is 12.3. The number of carbonyl (C=O) groups is 1. The third-order valence-corrected chi connectivity index (χ3v) is 5.08. The number of aliphatic hydroxyl groups is 1.